The predicted octanol–water partition coefficient (Wildman–Crippen LogP) is 3.25. The number of halogens is 1. The fourth-order valence-electron chi connectivity index (χ4n) is 3.14. The summed E-state index contributed by atoms with van der Waals surface area (Å²) >= 11 is 0. The van der Waals surface area contributed by atoms with Crippen LogP contribution in [0.15, 0.2) is 27.4 Å². The summed E-state index contributed by atoms with van der Waals surface area (Å²) < 4.78 is 24.1. The number of methoxy groups -OCH3 is 1. The van der Waals surface area contributed by atoms with Gasteiger partial charge < -0.3 is 14.5 Å². The smallest absolute Gasteiger partial charge is 0.287 e. The van der Waals surface area contributed by atoms with Crippen molar-refractivity contribution in [3.05, 3.63) is 40.0 Å². The molecule has 0 unspecified atom stereocenters. The van der Waals surface area contributed by atoms with Crippen LogP contribution in [0.4, 0.5) is 4.39 Å². The minimum atomic E-state index is -0.645. The number of hydrogen-bond acceptors (Lipinski definition) is 4. The van der Waals surface area contributed by atoms with Crippen molar-refractivity contribution in [2.75, 3.05) is 13.7 Å². The number of ether oxygens (including phenoxy) is 1. The number of hydrogen-bond donors (Lipinski definition) is 1. The highest BCUT2D eigenvalue weighted by Gasteiger charge is 2.18. The van der Waals surface area contributed by atoms with Gasteiger partial charge in [0.15, 0.2) is 22.8 Å². The molecule has 1 heterocycles. The molecule has 128 valence electrons. The Hall–Kier alpha value is -2.37. The number of nitrogens with one attached hydrogen (secondary N) is 1. The van der Waals surface area contributed by atoms with E-state index in [9.17, 15) is 14.0 Å². The van der Waals surface area contributed by atoms with Crippen LogP contribution >= 0.6 is 0 Å². The highest BCUT2D eigenvalue weighted by molar-refractivity contribution is 5.93. The molecular formula is C18H20FNO4. The van der Waals surface area contributed by atoms with Gasteiger partial charge in [0.1, 0.15) is 5.58 Å². The first kappa shape index (κ1) is 16.5. The third-order valence-corrected chi connectivity index (χ3v) is 4.50. The van der Waals surface area contributed by atoms with Gasteiger partial charge in [-0.1, -0.05) is 19.3 Å². The Morgan fingerprint density at radius 2 is 2.04 bits per heavy atom. The van der Waals surface area contributed by atoms with Crippen LogP contribution in [0.1, 0.15) is 42.7 Å². The van der Waals surface area contributed by atoms with Crippen LogP contribution in [0.5, 0.6) is 5.75 Å². The average Bonchev–Trinajstić information content (AvgIpc) is 2.60. The van der Waals surface area contributed by atoms with Gasteiger partial charge in [-0.3, -0.25) is 9.59 Å². The predicted molar refractivity (Wildman–Crippen MR) is 87.9 cm³/mol. The molecule has 1 aromatic carbocycles. The molecular weight excluding hydrogens is 313 g/mol. The van der Waals surface area contributed by atoms with Gasteiger partial charge in [0, 0.05) is 18.7 Å². The van der Waals surface area contributed by atoms with Gasteiger partial charge in [-0.2, -0.15) is 0 Å². The molecule has 24 heavy (non-hydrogen) atoms. The fourth-order valence-corrected chi connectivity index (χ4v) is 3.14. The van der Waals surface area contributed by atoms with Crippen molar-refractivity contribution in [1.82, 2.24) is 5.32 Å². The molecule has 1 N–H and O–H groups in total. The summed E-state index contributed by atoms with van der Waals surface area (Å²) in [5.74, 6) is -0.766. The first-order chi connectivity index (χ1) is 11.6. The van der Waals surface area contributed by atoms with E-state index in [1.54, 1.807) is 0 Å². The monoisotopic (exact) mass is 333 g/mol. The quantitative estimate of drug-likeness (QED) is 0.932. The molecule has 0 radical (unpaired) electrons. The highest BCUT2D eigenvalue weighted by Crippen LogP contribution is 2.24. The van der Waals surface area contributed by atoms with E-state index >= 15 is 0 Å². The van der Waals surface area contributed by atoms with Gasteiger partial charge >= 0.3 is 0 Å². The van der Waals surface area contributed by atoms with Crippen molar-refractivity contribution in [3.63, 3.8) is 0 Å². The Labute approximate surface area is 138 Å². The lowest BCUT2D eigenvalue weighted by atomic mass is 9.89. The van der Waals surface area contributed by atoms with E-state index in [1.165, 1.54) is 32.4 Å². The van der Waals surface area contributed by atoms with Crippen molar-refractivity contribution >= 4 is 16.9 Å². The second kappa shape index (κ2) is 7.03. The molecule has 6 heteroatoms. The van der Waals surface area contributed by atoms with E-state index in [4.69, 9.17) is 9.15 Å². The van der Waals surface area contributed by atoms with Crippen LogP contribution in [-0.4, -0.2) is 19.6 Å². The Morgan fingerprint density at radius 3 is 2.75 bits per heavy atom. The molecule has 5 nitrogen and oxygen atoms in total. The zero-order valence-corrected chi connectivity index (χ0v) is 13.6. The lowest BCUT2D eigenvalue weighted by Crippen LogP contribution is -2.30. The largest absolute Gasteiger partial charge is 0.494 e. The zero-order chi connectivity index (χ0) is 17.1. The minimum Gasteiger partial charge on any atom is -0.494 e. The van der Waals surface area contributed by atoms with Gasteiger partial charge in [-0.15, -0.1) is 0 Å². The first-order valence-corrected chi connectivity index (χ1v) is 8.18. The number of rotatable bonds is 4. The van der Waals surface area contributed by atoms with Crippen LogP contribution in [0.2, 0.25) is 0 Å². The molecule has 3 rings (SSSR count). The van der Waals surface area contributed by atoms with Gasteiger partial charge in [-0.25, -0.2) is 4.39 Å². The molecule has 1 aromatic heterocycles. The Morgan fingerprint density at radius 1 is 1.29 bits per heavy atom. The Bertz CT molecular complexity index is 809. The maximum atomic E-state index is 13.8. The molecule has 2 aromatic rings. The lowest BCUT2D eigenvalue weighted by molar-refractivity contribution is 0.0916. The fraction of sp³-hybridized carbons (Fsp3) is 0.444. The number of benzene rings is 1. The standard InChI is InChI=1S/C18H20FNO4/c1-23-16-7-12-14(21)9-17(24-15(12)8-13(16)19)18(22)20-10-11-5-3-2-4-6-11/h7-9,11H,2-6,10H2,1H3,(H,20,22). The molecule has 1 saturated carbocycles. The topological polar surface area (TPSA) is 68.5 Å². The van der Waals surface area contributed by atoms with Gasteiger partial charge in [0.05, 0.1) is 12.5 Å². The normalized spacial score (nSPS) is 15.4. The maximum absolute atomic E-state index is 13.8. The number of carbonyl (C=O) groups excluding carboxylic acids is 1. The summed E-state index contributed by atoms with van der Waals surface area (Å²) in [6.07, 6.45) is 5.83. The molecule has 1 aliphatic carbocycles. The van der Waals surface area contributed by atoms with Crippen molar-refractivity contribution in [2.45, 2.75) is 32.1 Å². The van der Waals surface area contributed by atoms with Crippen LogP contribution in [-0.2, 0) is 0 Å². The van der Waals surface area contributed by atoms with Crippen LogP contribution in [0, 0.1) is 11.7 Å². The van der Waals surface area contributed by atoms with Crippen LogP contribution < -0.4 is 15.5 Å². The Kier molecular flexibility index (Phi) is 4.83. The maximum Gasteiger partial charge on any atom is 0.287 e. The summed E-state index contributed by atoms with van der Waals surface area (Å²) in [6, 6.07) is 3.48. The molecule has 1 fully saturated rings. The van der Waals surface area contributed by atoms with E-state index in [1.807, 2.05) is 0 Å². The van der Waals surface area contributed by atoms with Gasteiger partial charge in [0.25, 0.3) is 5.91 Å². The summed E-state index contributed by atoms with van der Waals surface area (Å²) in [6.45, 7) is 0.567. The summed E-state index contributed by atoms with van der Waals surface area (Å²) in [5, 5.41) is 2.99. The molecule has 0 bridgehead atoms. The molecule has 0 atom stereocenters. The van der Waals surface area contributed by atoms with Gasteiger partial charge in [-0.05, 0) is 24.8 Å². The minimum absolute atomic E-state index is 0.0311. The summed E-state index contributed by atoms with van der Waals surface area (Å²) in [4.78, 5) is 24.4. The SMILES string of the molecule is COc1cc2c(=O)cc(C(=O)NCC3CCCCC3)oc2cc1F. The van der Waals surface area contributed by atoms with E-state index in [-0.39, 0.29) is 22.5 Å². The lowest BCUT2D eigenvalue weighted by Gasteiger charge is -2.21. The summed E-state index contributed by atoms with van der Waals surface area (Å²) in [7, 11) is 1.32. The Balaban J connectivity index is 1.81. The van der Waals surface area contributed by atoms with Crippen molar-refractivity contribution in [3.8, 4) is 5.75 Å². The van der Waals surface area contributed by atoms with Crippen LogP contribution in [0.3, 0.4) is 0 Å². The third kappa shape index (κ3) is 3.42. The highest BCUT2D eigenvalue weighted by atomic mass is 19.1. The number of fused-ring (bicyclic) bond motifs is 1. The molecule has 1 amide bonds. The average molecular weight is 333 g/mol. The third-order valence-electron chi connectivity index (χ3n) is 4.50. The molecule has 0 spiro atoms. The first-order valence-electron chi connectivity index (χ1n) is 8.18. The second-order valence-corrected chi connectivity index (χ2v) is 6.17. The second-order valence-electron chi connectivity index (χ2n) is 6.17. The number of amides is 1. The van der Waals surface area contributed by atoms with Crippen molar-refractivity contribution < 1.29 is 18.3 Å². The van der Waals surface area contributed by atoms with Crippen molar-refractivity contribution in [2.24, 2.45) is 5.92 Å². The van der Waals surface area contributed by atoms with E-state index in [2.05, 4.69) is 5.32 Å². The van der Waals surface area contributed by atoms with E-state index < -0.39 is 17.2 Å². The molecule has 0 aliphatic heterocycles. The zero-order valence-electron chi connectivity index (χ0n) is 13.6. The van der Waals surface area contributed by atoms with Crippen LogP contribution in [0.25, 0.3) is 11.0 Å². The van der Waals surface area contributed by atoms with Crippen molar-refractivity contribution in [1.29, 1.82) is 0 Å². The summed E-state index contributed by atoms with van der Waals surface area (Å²) in [5.41, 5.74) is -0.374. The molecule has 0 saturated heterocycles. The van der Waals surface area contributed by atoms with E-state index in [0.29, 0.717) is 12.5 Å². The molecule has 1 aliphatic rings. The number of carbonyl (C=O) groups is 1. The van der Waals surface area contributed by atoms with Gasteiger partial charge in [0.2, 0.25) is 0 Å². The van der Waals surface area contributed by atoms with E-state index in [0.717, 1.165) is 25.0 Å².